The molecular formula is C19H16FN7O3. The van der Waals surface area contributed by atoms with E-state index in [-0.39, 0.29) is 30.2 Å². The summed E-state index contributed by atoms with van der Waals surface area (Å²) in [6.45, 7) is 0. The zero-order valence-electron chi connectivity index (χ0n) is 15.7. The Morgan fingerprint density at radius 1 is 1.13 bits per heavy atom. The summed E-state index contributed by atoms with van der Waals surface area (Å²) >= 11 is 0. The third-order valence-corrected chi connectivity index (χ3v) is 4.02. The van der Waals surface area contributed by atoms with Crippen LogP contribution in [0, 0.1) is 11.2 Å². The largest absolute Gasteiger partial charge is 0.423 e. The number of hydrogen-bond donors (Lipinski definition) is 4. The van der Waals surface area contributed by atoms with Gasteiger partial charge in [-0.3, -0.25) is 10.1 Å². The van der Waals surface area contributed by atoms with Crippen molar-refractivity contribution in [1.29, 1.82) is 5.41 Å². The summed E-state index contributed by atoms with van der Waals surface area (Å²) in [5.74, 6) is -0.632. The third kappa shape index (κ3) is 4.09. The zero-order valence-corrected chi connectivity index (χ0v) is 15.7. The number of rotatable bonds is 6. The summed E-state index contributed by atoms with van der Waals surface area (Å²) in [5, 5.41) is 16.3. The van der Waals surface area contributed by atoms with Gasteiger partial charge in [-0.1, -0.05) is 6.07 Å². The molecule has 0 unspecified atom stereocenters. The minimum Gasteiger partial charge on any atom is -0.423 e. The van der Waals surface area contributed by atoms with Crippen molar-refractivity contribution in [3.63, 3.8) is 0 Å². The first-order chi connectivity index (χ1) is 14.5. The maximum absolute atomic E-state index is 13.3. The maximum atomic E-state index is 13.3. The van der Waals surface area contributed by atoms with Crippen molar-refractivity contribution in [2.45, 2.75) is 6.42 Å². The number of nitrogens with zero attached hydrogens (tertiary/aromatic N) is 3. The number of hydrazone groups is 1. The van der Waals surface area contributed by atoms with Crippen LogP contribution < -0.4 is 16.1 Å². The number of nitrogens with one attached hydrogen (secondary N) is 4. The number of aromatic nitrogens is 2. The molecule has 0 spiro atoms. The summed E-state index contributed by atoms with van der Waals surface area (Å²) < 4.78 is 24.4. The molecule has 0 bridgehead atoms. The van der Waals surface area contributed by atoms with Crippen LogP contribution in [0.4, 0.5) is 16.4 Å². The molecule has 0 aliphatic heterocycles. The van der Waals surface area contributed by atoms with Crippen molar-refractivity contribution in [1.82, 2.24) is 20.7 Å². The standard InChI is InChI=1S/C19H16FN7O3/c1-22-27-16(9-21)25-17(28)7-10-2-4-14-12(6-10)23-18(29-14)26-19-24-13-8-11(20)3-5-15(13)30-19/h2-6,8-9,21-22H,7H2,1H3,(H,23,24,26)(H,25,27,28). The average Bonchev–Trinajstić information content (AvgIpc) is 3.29. The lowest BCUT2D eigenvalue weighted by Crippen LogP contribution is -2.33. The molecule has 0 fully saturated rings. The number of hydrogen-bond acceptors (Lipinski definition) is 9. The van der Waals surface area contributed by atoms with E-state index in [1.165, 1.54) is 18.2 Å². The van der Waals surface area contributed by atoms with Crippen LogP contribution in [0.1, 0.15) is 5.56 Å². The summed E-state index contributed by atoms with van der Waals surface area (Å²) in [4.78, 5) is 20.6. The Bertz CT molecular complexity index is 1280. The number of amidine groups is 1. The van der Waals surface area contributed by atoms with Gasteiger partial charge in [0.2, 0.25) is 5.91 Å². The number of amides is 1. The minimum atomic E-state index is -0.411. The van der Waals surface area contributed by atoms with Gasteiger partial charge in [0.1, 0.15) is 16.9 Å². The fraction of sp³-hybridized carbons (Fsp3) is 0.105. The first-order valence-corrected chi connectivity index (χ1v) is 8.81. The van der Waals surface area contributed by atoms with E-state index in [4.69, 9.17) is 14.2 Å². The van der Waals surface area contributed by atoms with E-state index in [0.717, 1.165) is 6.21 Å². The Balaban J connectivity index is 1.49. The van der Waals surface area contributed by atoms with Gasteiger partial charge < -0.3 is 25.0 Å². The van der Waals surface area contributed by atoms with E-state index >= 15 is 0 Å². The first kappa shape index (κ1) is 19.1. The van der Waals surface area contributed by atoms with Crippen molar-refractivity contribution < 1.29 is 18.0 Å². The number of benzene rings is 2. The minimum absolute atomic E-state index is 0.0683. The smallest absolute Gasteiger partial charge is 0.303 e. The van der Waals surface area contributed by atoms with E-state index in [0.29, 0.717) is 27.8 Å². The molecular weight excluding hydrogens is 393 g/mol. The molecule has 0 saturated heterocycles. The lowest BCUT2D eigenvalue weighted by atomic mass is 10.1. The van der Waals surface area contributed by atoms with Crippen LogP contribution in [-0.2, 0) is 11.2 Å². The van der Waals surface area contributed by atoms with Crippen LogP contribution in [0.2, 0.25) is 0 Å². The van der Waals surface area contributed by atoms with Crippen LogP contribution in [0.15, 0.2) is 50.3 Å². The van der Waals surface area contributed by atoms with Gasteiger partial charge >= 0.3 is 12.0 Å². The molecule has 2 heterocycles. The van der Waals surface area contributed by atoms with Crippen LogP contribution in [0.3, 0.4) is 0 Å². The van der Waals surface area contributed by atoms with E-state index in [2.05, 4.69) is 31.1 Å². The molecule has 30 heavy (non-hydrogen) atoms. The Labute approximate surface area is 168 Å². The number of fused-ring (bicyclic) bond motifs is 2. The molecule has 4 aromatic rings. The molecule has 1 amide bonds. The maximum Gasteiger partial charge on any atom is 0.303 e. The van der Waals surface area contributed by atoms with Gasteiger partial charge in [-0.05, 0) is 29.8 Å². The van der Waals surface area contributed by atoms with E-state index in [1.54, 1.807) is 25.2 Å². The van der Waals surface area contributed by atoms with E-state index in [1.807, 2.05) is 0 Å². The monoisotopic (exact) mass is 409 g/mol. The summed E-state index contributed by atoms with van der Waals surface area (Å²) in [6.07, 6.45) is 1.01. The Morgan fingerprint density at radius 2 is 1.80 bits per heavy atom. The summed E-state index contributed by atoms with van der Waals surface area (Å²) in [6, 6.07) is 9.43. The molecule has 0 atom stereocenters. The summed E-state index contributed by atoms with van der Waals surface area (Å²) in [5.41, 5.74) is 5.03. The summed E-state index contributed by atoms with van der Waals surface area (Å²) in [7, 11) is 1.57. The van der Waals surface area contributed by atoms with Crippen molar-refractivity contribution in [3.8, 4) is 0 Å². The predicted octanol–water partition coefficient (Wildman–Crippen LogP) is 2.69. The Hall–Kier alpha value is -4.28. The number of oxazole rings is 2. The van der Waals surface area contributed by atoms with Gasteiger partial charge in [-0.25, -0.2) is 4.39 Å². The van der Waals surface area contributed by atoms with Gasteiger partial charge in [0.05, 0.1) is 12.6 Å². The second-order valence-electron chi connectivity index (χ2n) is 6.17. The number of carbonyl (C=O) groups is 1. The molecule has 10 nitrogen and oxygen atoms in total. The van der Waals surface area contributed by atoms with Crippen molar-refractivity contribution in [2.75, 3.05) is 12.4 Å². The second kappa shape index (κ2) is 7.99. The molecule has 152 valence electrons. The predicted molar refractivity (Wildman–Crippen MR) is 108 cm³/mol. The second-order valence-corrected chi connectivity index (χ2v) is 6.17. The number of halogens is 1. The molecule has 4 rings (SSSR count). The van der Waals surface area contributed by atoms with Gasteiger partial charge in [-0.15, -0.1) is 0 Å². The van der Waals surface area contributed by atoms with Crippen molar-refractivity contribution in [3.05, 3.63) is 47.8 Å². The fourth-order valence-corrected chi connectivity index (χ4v) is 2.77. The third-order valence-electron chi connectivity index (χ3n) is 4.02. The fourth-order valence-electron chi connectivity index (χ4n) is 2.77. The van der Waals surface area contributed by atoms with Gasteiger partial charge in [0.15, 0.2) is 17.0 Å². The topological polar surface area (TPSA) is 141 Å². The van der Waals surface area contributed by atoms with E-state index < -0.39 is 5.82 Å². The quantitative estimate of drug-likeness (QED) is 0.218. The molecule has 0 aliphatic rings. The molecule has 0 aliphatic carbocycles. The average molecular weight is 409 g/mol. The highest BCUT2D eigenvalue weighted by molar-refractivity contribution is 6.31. The Kier molecular flexibility index (Phi) is 5.08. The van der Waals surface area contributed by atoms with Crippen LogP contribution in [-0.4, -0.2) is 35.0 Å². The number of anilines is 2. The molecule has 2 aromatic carbocycles. The molecule has 0 saturated carbocycles. The van der Waals surface area contributed by atoms with Crippen LogP contribution >= 0.6 is 0 Å². The highest BCUT2D eigenvalue weighted by atomic mass is 19.1. The highest BCUT2D eigenvalue weighted by Crippen LogP contribution is 2.25. The molecule has 11 heteroatoms. The van der Waals surface area contributed by atoms with Crippen molar-refractivity contribution in [2.24, 2.45) is 5.10 Å². The molecule has 2 aromatic heterocycles. The van der Waals surface area contributed by atoms with Crippen LogP contribution in [0.5, 0.6) is 0 Å². The van der Waals surface area contributed by atoms with Gasteiger partial charge in [0, 0.05) is 13.1 Å². The first-order valence-electron chi connectivity index (χ1n) is 8.81. The number of carbonyl (C=O) groups excluding carboxylic acids is 1. The molecule has 0 radical (unpaired) electrons. The zero-order chi connectivity index (χ0) is 21.1. The lowest BCUT2D eigenvalue weighted by Gasteiger charge is -2.04. The highest BCUT2D eigenvalue weighted by Gasteiger charge is 2.13. The lowest BCUT2D eigenvalue weighted by molar-refractivity contribution is -0.119. The Morgan fingerprint density at radius 3 is 2.47 bits per heavy atom. The molecule has 4 N–H and O–H groups in total. The van der Waals surface area contributed by atoms with Crippen molar-refractivity contribution >= 4 is 52.2 Å². The van der Waals surface area contributed by atoms with Crippen LogP contribution in [0.25, 0.3) is 22.2 Å². The van der Waals surface area contributed by atoms with E-state index in [9.17, 15) is 9.18 Å². The SMILES string of the molecule is CN/N=C(\C=N)NC(=O)Cc1ccc2oc(Nc3nc4cc(F)ccc4o3)nc2c1. The van der Waals surface area contributed by atoms with Gasteiger partial charge in [-0.2, -0.15) is 15.1 Å². The van der Waals surface area contributed by atoms with Gasteiger partial charge in [0.25, 0.3) is 0 Å². The normalized spacial score (nSPS) is 11.6.